The first-order valence-corrected chi connectivity index (χ1v) is 5.63. The second-order valence-electron chi connectivity index (χ2n) is 3.54. The number of ether oxygens (including phenoxy) is 1. The molecule has 6 heteroatoms. The van der Waals surface area contributed by atoms with Gasteiger partial charge in [-0.15, -0.1) is 0 Å². The largest absolute Gasteiger partial charge is 0.374 e. The van der Waals surface area contributed by atoms with Crippen LogP contribution < -0.4 is 5.32 Å². The van der Waals surface area contributed by atoms with Crippen molar-refractivity contribution in [2.24, 2.45) is 0 Å². The summed E-state index contributed by atoms with van der Waals surface area (Å²) in [5.74, 6) is 0.698. The molecule has 1 aromatic heterocycles. The van der Waals surface area contributed by atoms with E-state index in [4.69, 9.17) is 4.74 Å². The summed E-state index contributed by atoms with van der Waals surface area (Å²) in [6.45, 7) is 2.24. The lowest BCUT2D eigenvalue weighted by atomic mass is 10.2. The molecule has 17 heavy (non-hydrogen) atoms. The van der Waals surface area contributed by atoms with E-state index in [2.05, 4.69) is 22.2 Å². The fourth-order valence-electron chi connectivity index (χ4n) is 1.31. The molecule has 0 radical (unpaired) electrons. The molecule has 0 amide bonds. The maximum atomic E-state index is 11.8. The zero-order valence-corrected chi connectivity index (χ0v) is 9.83. The number of anilines is 1. The molecule has 0 aliphatic carbocycles. The van der Waals surface area contributed by atoms with Gasteiger partial charge in [0.1, 0.15) is 18.8 Å². The minimum atomic E-state index is -2.41. The van der Waals surface area contributed by atoms with E-state index in [9.17, 15) is 8.78 Å². The van der Waals surface area contributed by atoms with Crippen LogP contribution in [0.15, 0.2) is 12.4 Å². The van der Waals surface area contributed by atoms with Gasteiger partial charge in [0.2, 0.25) is 0 Å². The van der Waals surface area contributed by atoms with Gasteiger partial charge >= 0.3 is 0 Å². The van der Waals surface area contributed by atoms with E-state index in [1.807, 2.05) is 6.07 Å². The van der Waals surface area contributed by atoms with Crippen molar-refractivity contribution in [3.8, 4) is 0 Å². The van der Waals surface area contributed by atoms with Crippen LogP contribution in [0.1, 0.15) is 19.0 Å². The molecule has 1 N–H and O–H groups in total. The van der Waals surface area contributed by atoms with Gasteiger partial charge in [0.25, 0.3) is 6.43 Å². The SMILES string of the molecule is CCCc1cc(NCCOCC(F)F)ncn1. The number of nitrogens with one attached hydrogen (secondary N) is 1. The molecule has 0 saturated carbocycles. The van der Waals surface area contributed by atoms with Crippen LogP contribution in [0.25, 0.3) is 0 Å². The minimum Gasteiger partial charge on any atom is -0.374 e. The second-order valence-corrected chi connectivity index (χ2v) is 3.54. The van der Waals surface area contributed by atoms with E-state index < -0.39 is 13.0 Å². The molecule has 96 valence electrons. The topological polar surface area (TPSA) is 47.0 Å². The van der Waals surface area contributed by atoms with Crippen molar-refractivity contribution in [1.29, 1.82) is 0 Å². The zero-order chi connectivity index (χ0) is 12.5. The van der Waals surface area contributed by atoms with Gasteiger partial charge in [-0.25, -0.2) is 18.7 Å². The second kappa shape index (κ2) is 7.89. The maximum absolute atomic E-state index is 11.8. The first-order valence-electron chi connectivity index (χ1n) is 5.63. The molecular weight excluding hydrogens is 228 g/mol. The van der Waals surface area contributed by atoms with Crippen LogP contribution in [0, 0.1) is 0 Å². The highest BCUT2D eigenvalue weighted by atomic mass is 19.3. The first kappa shape index (κ1) is 13.8. The summed E-state index contributed by atoms with van der Waals surface area (Å²) < 4.78 is 28.3. The van der Waals surface area contributed by atoms with Crippen molar-refractivity contribution < 1.29 is 13.5 Å². The quantitative estimate of drug-likeness (QED) is 0.713. The highest BCUT2D eigenvalue weighted by Gasteiger charge is 2.01. The van der Waals surface area contributed by atoms with Crippen LogP contribution >= 0.6 is 0 Å². The molecule has 0 spiro atoms. The minimum absolute atomic E-state index is 0.234. The van der Waals surface area contributed by atoms with E-state index in [1.165, 1.54) is 6.33 Å². The van der Waals surface area contributed by atoms with E-state index in [1.54, 1.807) is 0 Å². The third-order valence-corrected chi connectivity index (χ3v) is 2.03. The van der Waals surface area contributed by atoms with Crippen LogP contribution in [0.4, 0.5) is 14.6 Å². The molecule has 0 aliphatic heterocycles. The smallest absolute Gasteiger partial charge is 0.261 e. The Labute approximate surface area is 99.4 Å². The van der Waals surface area contributed by atoms with E-state index in [-0.39, 0.29) is 6.61 Å². The normalized spacial score (nSPS) is 10.8. The Morgan fingerprint density at radius 3 is 2.94 bits per heavy atom. The van der Waals surface area contributed by atoms with Gasteiger partial charge in [-0.05, 0) is 6.42 Å². The Morgan fingerprint density at radius 1 is 1.41 bits per heavy atom. The standard InChI is InChI=1S/C11H17F2N3O/c1-2-3-9-6-11(16-8-15-9)14-4-5-17-7-10(12)13/h6,8,10H,2-5,7H2,1H3,(H,14,15,16). The average Bonchev–Trinajstić information content (AvgIpc) is 2.29. The summed E-state index contributed by atoms with van der Waals surface area (Å²) in [7, 11) is 0. The molecule has 1 aromatic rings. The third-order valence-electron chi connectivity index (χ3n) is 2.03. The highest BCUT2D eigenvalue weighted by molar-refractivity contribution is 5.34. The lowest BCUT2D eigenvalue weighted by Gasteiger charge is -2.07. The van der Waals surface area contributed by atoms with Crippen LogP contribution in [0.3, 0.4) is 0 Å². The van der Waals surface area contributed by atoms with Crippen LogP contribution in [0.2, 0.25) is 0 Å². The number of aryl methyl sites for hydroxylation is 1. The molecule has 1 rings (SSSR count). The van der Waals surface area contributed by atoms with Crippen molar-refractivity contribution in [2.75, 3.05) is 25.1 Å². The van der Waals surface area contributed by atoms with E-state index >= 15 is 0 Å². The molecule has 0 aliphatic rings. The van der Waals surface area contributed by atoms with Gasteiger partial charge < -0.3 is 10.1 Å². The fraction of sp³-hybridized carbons (Fsp3) is 0.636. The molecule has 4 nitrogen and oxygen atoms in total. The summed E-state index contributed by atoms with van der Waals surface area (Å²) >= 11 is 0. The summed E-state index contributed by atoms with van der Waals surface area (Å²) in [5.41, 5.74) is 0.971. The van der Waals surface area contributed by atoms with Crippen molar-refractivity contribution in [3.63, 3.8) is 0 Å². The predicted molar refractivity (Wildman–Crippen MR) is 61.3 cm³/mol. The summed E-state index contributed by atoms with van der Waals surface area (Å²) in [4.78, 5) is 8.14. The highest BCUT2D eigenvalue weighted by Crippen LogP contribution is 2.05. The van der Waals surface area contributed by atoms with Crippen LogP contribution in [-0.4, -0.2) is 36.2 Å². The molecule has 0 atom stereocenters. The van der Waals surface area contributed by atoms with Gasteiger partial charge in [0, 0.05) is 18.3 Å². The molecule has 0 saturated heterocycles. The lowest BCUT2D eigenvalue weighted by Crippen LogP contribution is -2.13. The third kappa shape index (κ3) is 6.11. The summed E-state index contributed by atoms with van der Waals surface area (Å²) in [6, 6.07) is 1.86. The van der Waals surface area contributed by atoms with E-state index in [0.717, 1.165) is 18.5 Å². The molecule has 0 fully saturated rings. The number of aromatic nitrogens is 2. The van der Waals surface area contributed by atoms with Crippen LogP contribution in [0.5, 0.6) is 0 Å². The fourth-order valence-corrected chi connectivity index (χ4v) is 1.31. The number of alkyl halides is 2. The van der Waals surface area contributed by atoms with Gasteiger partial charge in [-0.3, -0.25) is 0 Å². The molecule has 1 heterocycles. The monoisotopic (exact) mass is 245 g/mol. The number of nitrogens with zero attached hydrogens (tertiary/aromatic N) is 2. The number of rotatable bonds is 8. The Kier molecular flexibility index (Phi) is 6.39. The van der Waals surface area contributed by atoms with Crippen molar-refractivity contribution in [3.05, 3.63) is 18.1 Å². The number of halogens is 2. The van der Waals surface area contributed by atoms with Gasteiger partial charge in [0.05, 0.1) is 6.61 Å². The van der Waals surface area contributed by atoms with Crippen LogP contribution in [-0.2, 0) is 11.2 Å². The van der Waals surface area contributed by atoms with Crippen molar-refractivity contribution in [2.45, 2.75) is 26.2 Å². The molecule has 0 bridgehead atoms. The number of hydrogen-bond acceptors (Lipinski definition) is 4. The van der Waals surface area contributed by atoms with Crippen molar-refractivity contribution >= 4 is 5.82 Å². The summed E-state index contributed by atoms with van der Waals surface area (Å²) in [5, 5.41) is 3.00. The summed E-state index contributed by atoms with van der Waals surface area (Å²) in [6.07, 6.45) is 1.01. The average molecular weight is 245 g/mol. The van der Waals surface area contributed by atoms with Crippen molar-refractivity contribution in [1.82, 2.24) is 9.97 Å². The number of hydrogen-bond donors (Lipinski definition) is 1. The van der Waals surface area contributed by atoms with Gasteiger partial charge in [0.15, 0.2) is 0 Å². The Morgan fingerprint density at radius 2 is 2.24 bits per heavy atom. The molecule has 0 aromatic carbocycles. The van der Waals surface area contributed by atoms with E-state index in [0.29, 0.717) is 12.4 Å². The first-order chi connectivity index (χ1) is 8.22. The molecular formula is C11H17F2N3O. The lowest BCUT2D eigenvalue weighted by molar-refractivity contribution is 0.0215. The Hall–Kier alpha value is -1.30. The van der Waals surface area contributed by atoms with Gasteiger partial charge in [-0.2, -0.15) is 0 Å². The predicted octanol–water partition coefficient (Wildman–Crippen LogP) is 2.12. The van der Waals surface area contributed by atoms with Gasteiger partial charge in [-0.1, -0.05) is 13.3 Å². The molecule has 0 unspecified atom stereocenters. The Bertz CT molecular complexity index is 323. The zero-order valence-electron chi connectivity index (χ0n) is 9.83. The maximum Gasteiger partial charge on any atom is 0.261 e. The Balaban J connectivity index is 2.24.